The van der Waals surface area contributed by atoms with E-state index in [1.54, 1.807) is 55.6 Å². The molecule has 0 amide bonds. The number of benzene rings is 4. The van der Waals surface area contributed by atoms with Crippen LogP contribution in [0.2, 0.25) is 12.6 Å². The number of hydrogen-bond acceptors (Lipinski definition) is 1. The molecule has 318 valence electrons. The van der Waals surface area contributed by atoms with Crippen LogP contribution in [0.4, 0.5) is 0 Å². The fourth-order valence-electron chi connectivity index (χ4n) is 12.9. The molecule has 2 atom stereocenters. The Morgan fingerprint density at radius 2 is 1.13 bits per heavy atom. The van der Waals surface area contributed by atoms with Gasteiger partial charge in [-0.15, -0.1) is 0 Å². The van der Waals surface area contributed by atoms with E-state index in [-0.39, 0.29) is 27.3 Å². The zero-order valence-electron chi connectivity index (χ0n) is 39.9. The van der Waals surface area contributed by atoms with Gasteiger partial charge in [-0.2, -0.15) is 0 Å². The lowest BCUT2D eigenvalue weighted by Gasteiger charge is -2.45. The third kappa shape index (κ3) is 6.56. The maximum atomic E-state index is 6.21. The van der Waals surface area contributed by atoms with Gasteiger partial charge in [-0.3, -0.25) is 0 Å². The predicted octanol–water partition coefficient (Wildman–Crippen LogP) is 15.6. The number of hydrogen-bond donors (Lipinski definition) is 0. The van der Waals surface area contributed by atoms with Crippen LogP contribution in [0.1, 0.15) is 189 Å². The number of nitrogens with zero attached hydrogens (tertiary/aromatic N) is 1. The van der Waals surface area contributed by atoms with Gasteiger partial charge in [0.15, 0.2) is 0 Å². The molecule has 0 saturated heterocycles. The van der Waals surface area contributed by atoms with E-state index in [1.807, 2.05) is 0 Å². The van der Waals surface area contributed by atoms with Crippen LogP contribution in [0, 0.1) is 6.92 Å². The van der Waals surface area contributed by atoms with E-state index in [2.05, 4.69) is 168 Å². The molecule has 0 bridgehead atoms. The molecule has 60 heavy (non-hydrogen) atoms. The lowest BCUT2D eigenvalue weighted by atomic mass is 9.62. The Morgan fingerprint density at radius 1 is 0.617 bits per heavy atom. The lowest BCUT2D eigenvalue weighted by molar-refractivity contribution is -0.00471. The summed E-state index contributed by atoms with van der Waals surface area (Å²) < 4.78 is 8.76. The number of fused-ring (bicyclic) bond motifs is 10. The summed E-state index contributed by atoms with van der Waals surface area (Å²) in [6.45, 7) is 32.8. The van der Waals surface area contributed by atoms with Crippen molar-refractivity contribution in [1.82, 2.24) is 4.57 Å². The first kappa shape index (κ1) is 41.9. The number of rotatable bonds is 9. The highest BCUT2D eigenvalue weighted by atomic mass is 28.3. The van der Waals surface area contributed by atoms with Crippen molar-refractivity contribution in [3.05, 3.63) is 117 Å². The highest BCUT2D eigenvalue weighted by Crippen LogP contribution is 2.63. The summed E-state index contributed by atoms with van der Waals surface area (Å²) in [7, 11) is -0.0732. The maximum absolute atomic E-state index is 6.21. The average molecular weight is 818 g/mol. The topological polar surface area (TPSA) is 14.2 Å². The average Bonchev–Trinajstić information content (AvgIpc) is 3.79. The molecule has 9 rings (SSSR count). The van der Waals surface area contributed by atoms with Crippen molar-refractivity contribution < 1.29 is 4.74 Å². The van der Waals surface area contributed by atoms with Crippen LogP contribution >= 0.6 is 0 Å². The predicted molar refractivity (Wildman–Crippen MR) is 260 cm³/mol. The summed E-state index contributed by atoms with van der Waals surface area (Å²) in [5.41, 5.74) is 23.0. The molecule has 2 unspecified atom stereocenters. The van der Waals surface area contributed by atoms with Crippen molar-refractivity contribution in [1.29, 1.82) is 0 Å². The molecular formula is C57H75NOSi. The van der Waals surface area contributed by atoms with Crippen LogP contribution in [-0.2, 0) is 33.4 Å². The molecule has 0 fully saturated rings. The van der Waals surface area contributed by atoms with E-state index in [0.717, 1.165) is 13.0 Å². The van der Waals surface area contributed by atoms with Gasteiger partial charge >= 0.3 is 0 Å². The highest BCUT2D eigenvalue weighted by Gasteiger charge is 2.55. The summed E-state index contributed by atoms with van der Waals surface area (Å²) in [5, 5.41) is 1.48. The van der Waals surface area contributed by atoms with E-state index >= 15 is 0 Å². The molecular weight excluding hydrogens is 743 g/mol. The zero-order chi connectivity index (χ0) is 42.9. The van der Waals surface area contributed by atoms with Crippen molar-refractivity contribution in [2.75, 3.05) is 6.61 Å². The largest absolute Gasteiger partial charge is 0.376 e. The van der Waals surface area contributed by atoms with Crippen molar-refractivity contribution in [2.24, 2.45) is 7.05 Å². The molecule has 1 aromatic heterocycles. The van der Waals surface area contributed by atoms with E-state index in [4.69, 9.17) is 4.74 Å². The first-order chi connectivity index (χ1) is 28.1. The Labute approximate surface area is 364 Å². The van der Waals surface area contributed by atoms with Crippen molar-refractivity contribution in [2.45, 2.75) is 185 Å². The van der Waals surface area contributed by atoms with Crippen molar-refractivity contribution in [3.63, 3.8) is 0 Å². The summed E-state index contributed by atoms with van der Waals surface area (Å²) in [4.78, 5) is 0. The van der Waals surface area contributed by atoms with Gasteiger partial charge < -0.3 is 9.30 Å². The second-order valence-electron chi connectivity index (χ2n) is 23.9. The van der Waals surface area contributed by atoms with Crippen molar-refractivity contribution >= 4 is 19.0 Å². The quantitative estimate of drug-likeness (QED) is 0.107. The Hall–Kier alpha value is -3.40. The Bertz CT molecular complexity index is 2430. The molecule has 3 heteroatoms. The van der Waals surface area contributed by atoms with Crippen LogP contribution in [0.25, 0.3) is 33.3 Å². The molecule has 4 aromatic carbocycles. The second-order valence-corrected chi connectivity index (χ2v) is 28.6. The minimum Gasteiger partial charge on any atom is -0.376 e. The van der Waals surface area contributed by atoms with Gasteiger partial charge in [-0.25, -0.2) is 0 Å². The van der Waals surface area contributed by atoms with Gasteiger partial charge in [0.25, 0.3) is 0 Å². The number of aromatic nitrogens is 1. The van der Waals surface area contributed by atoms with Crippen molar-refractivity contribution in [3.8, 4) is 22.4 Å². The first-order valence-corrected chi connectivity index (χ1v) is 26.6. The van der Waals surface area contributed by atoms with Crippen LogP contribution in [-0.4, -0.2) is 24.8 Å². The van der Waals surface area contributed by atoms with Crippen LogP contribution < -0.4 is 0 Å². The van der Waals surface area contributed by atoms with Gasteiger partial charge in [0, 0.05) is 41.2 Å². The molecule has 4 aliphatic rings. The summed E-state index contributed by atoms with van der Waals surface area (Å²) in [5.74, 6) is 0. The molecule has 0 radical (unpaired) electrons. The monoisotopic (exact) mass is 818 g/mol. The van der Waals surface area contributed by atoms with Gasteiger partial charge in [0.1, 0.15) is 0 Å². The normalized spacial score (nSPS) is 21.5. The Balaban J connectivity index is 1.31. The minimum atomic E-state index is -2.41. The molecule has 0 N–H and O–H groups in total. The van der Waals surface area contributed by atoms with Gasteiger partial charge in [-0.1, -0.05) is 147 Å². The molecule has 5 aromatic rings. The number of ether oxygens (including phenoxy) is 1. The van der Waals surface area contributed by atoms with Gasteiger partial charge in [0.05, 0.1) is 19.4 Å². The Morgan fingerprint density at radius 3 is 1.68 bits per heavy atom. The van der Waals surface area contributed by atoms with E-state index in [1.165, 1.54) is 78.7 Å². The van der Waals surface area contributed by atoms with Gasteiger partial charge in [0.2, 0.25) is 0 Å². The molecule has 4 aliphatic carbocycles. The zero-order valence-corrected chi connectivity index (χ0v) is 40.9. The van der Waals surface area contributed by atoms with Crippen LogP contribution in [0.5, 0.6) is 0 Å². The first-order valence-electron chi connectivity index (χ1n) is 23.8. The standard InChI is InChI=1S/C57H75NOSi/c1-36-23-24-48-43(31-36)49-50(58(48)13)37-21-17-18-22-38(37)52(49)60(14,30-20-16-15-19-29-59-53(2,3)4)51-41-34-46-44(54(5,6)25-27-56(46,9)10)32-39(41)40-33-45-47(35-42(40)51)57(11,12)28-26-55(45,7)8/h17-18,21-24,31-35,51-52H,15-16,19-20,25-30H2,1-14H3. The van der Waals surface area contributed by atoms with Crippen LogP contribution in [0.3, 0.4) is 0 Å². The minimum absolute atomic E-state index is 0.0783. The Kier molecular flexibility index (Phi) is 9.82. The third-order valence-electron chi connectivity index (χ3n) is 16.6. The third-order valence-corrected chi connectivity index (χ3v) is 21.9. The van der Waals surface area contributed by atoms with E-state index in [0.29, 0.717) is 11.1 Å². The lowest BCUT2D eigenvalue weighted by Crippen LogP contribution is -2.45. The van der Waals surface area contributed by atoms with Crippen LogP contribution in [0.15, 0.2) is 66.7 Å². The maximum Gasteiger partial charge on any atom is 0.0762 e. The molecule has 0 spiro atoms. The summed E-state index contributed by atoms with van der Waals surface area (Å²) in [6.07, 6.45) is 9.85. The SMILES string of the molecule is Cc1ccc2c(c1)c1c(n2C)-c2ccccc2C1[Si](C)(CCCCCCOC(C)(C)C)C1c2cc3c(cc2-c2cc4c(cc21)C(C)(C)CCC4(C)C)C(C)(C)CCC3(C)C. The fourth-order valence-corrected chi connectivity index (χ4v) is 18.6. The second kappa shape index (κ2) is 14.1. The number of unbranched alkanes of at least 4 members (excludes halogenated alkanes) is 3. The summed E-state index contributed by atoms with van der Waals surface area (Å²) >= 11 is 0. The molecule has 2 nitrogen and oxygen atoms in total. The smallest absolute Gasteiger partial charge is 0.0762 e. The molecule has 0 saturated carbocycles. The van der Waals surface area contributed by atoms with E-state index in [9.17, 15) is 0 Å². The highest BCUT2D eigenvalue weighted by molar-refractivity contribution is 6.83. The summed E-state index contributed by atoms with van der Waals surface area (Å²) in [6, 6.07) is 29.3. The molecule has 0 aliphatic heterocycles. The van der Waals surface area contributed by atoms with Gasteiger partial charge in [-0.05, 0) is 149 Å². The number of aryl methyl sites for hydroxylation is 2. The fraction of sp³-hybridized carbons (Fsp3) is 0.544. The molecule has 1 heterocycles. The van der Waals surface area contributed by atoms with E-state index < -0.39 is 8.07 Å².